The summed E-state index contributed by atoms with van der Waals surface area (Å²) >= 11 is 4.01. The summed E-state index contributed by atoms with van der Waals surface area (Å²) in [6.07, 6.45) is 5.51. The third-order valence-electron chi connectivity index (χ3n) is 1.54. The fourth-order valence-corrected chi connectivity index (χ4v) is 1.12. The van der Waals surface area contributed by atoms with Crippen molar-refractivity contribution >= 4 is 18.5 Å². The molecule has 0 aromatic carbocycles. The van der Waals surface area contributed by atoms with Crippen LogP contribution in [0, 0.1) is 23.7 Å². The summed E-state index contributed by atoms with van der Waals surface area (Å²) in [7, 11) is 0. The number of hydrazine groups is 1. The number of hydrogen-bond acceptors (Lipinski definition) is 5. The maximum Gasteiger partial charge on any atom is 0.277 e. The summed E-state index contributed by atoms with van der Waals surface area (Å²) in [5.41, 5.74) is 2.28. The number of carbonyl (C=O) groups excluding carboxylic acids is 1. The Kier molecular flexibility index (Phi) is 6.90. The molecule has 15 heavy (non-hydrogen) atoms. The van der Waals surface area contributed by atoms with E-state index in [2.05, 4.69) is 23.9 Å². The van der Waals surface area contributed by atoms with Crippen molar-refractivity contribution in [2.24, 2.45) is 5.84 Å². The zero-order valence-electron chi connectivity index (χ0n) is 8.08. The summed E-state index contributed by atoms with van der Waals surface area (Å²) < 4.78 is 0. The van der Waals surface area contributed by atoms with E-state index >= 15 is 0 Å². The zero-order chi connectivity index (χ0) is 11.7. The van der Waals surface area contributed by atoms with Gasteiger partial charge in [-0.2, -0.15) is 17.9 Å². The molecule has 0 fully saturated rings. The zero-order valence-corrected chi connectivity index (χ0v) is 8.97. The number of nitrogens with two attached hydrogens (primary N) is 1. The van der Waals surface area contributed by atoms with E-state index < -0.39 is 5.91 Å². The van der Waals surface area contributed by atoms with Crippen molar-refractivity contribution in [2.45, 2.75) is 6.42 Å². The van der Waals surface area contributed by atoms with Crippen molar-refractivity contribution in [2.75, 3.05) is 12.3 Å². The first-order valence-corrected chi connectivity index (χ1v) is 4.76. The van der Waals surface area contributed by atoms with Gasteiger partial charge in [0.15, 0.2) is 0 Å². The fourth-order valence-electron chi connectivity index (χ4n) is 0.899. The molecule has 0 aromatic rings. The Morgan fingerprint density at radius 1 is 1.60 bits per heavy atom. The number of allylic oxidation sites excluding steroid dienone is 1. The number of amides is 1. The smallest absolute Gasteiger partial charge is 0.277 e. The predicted molar refractivity (Wildman–Crippen MR) is 60.3 cm³/mol. The monoisotopic (exact) mass is 224 g/mol. The number of nitrogens with one attached hydrogen (secondary N) is 2. The molecule has 0 aliphatic carbocycles. The van der Waals surface area contributed by atoms with Crippen LogP contribution in [0.15, 0.2) is 11.3 Å². The van der Waals surface area contributed by atoms with Crippen LogP contribution >= 0.6 is 12.6 Å². The van der Waals surface area contributed by atoms with Gasteiger partial charge in [0.25, 0.3) is 5.91 Å². The SMILES string of the molecule is C#CCNC(CCS)=C(C#N)C(=O)NN. The Labute approximate surface area is 94.1 Å². The van der Waals surface area contributed by atoms with Gasteiger partial charge in [-0.25, -0.2) is 5.84 Å². The van der Waals surface area contributed by atoms with Crippen LogP contribution in [0.5, 0.6) is 0 Å². The normalized spacial score (nSPS) is 10.7. The van der Waals surface area contributed by atoms with Crippen molar-refractivity contribution < 1.29 is 4.79 Å². The van der Waals surface area contributed by atoms with Crippen LogP contribution in [0.4, 0.5) is 0 Å². The van der Waals surface area contributed by atoms with Gasteiger partial charge in [-0.1, -0.05) is 5.92 Å². The first kappa shape index (κ1) is 13.4. The van der Waals surface area contributed by atoms with Gasteiger partial charge in [0.1, 0.15) is 11.6 Å². The first-order valence-electron chi connectivity index (χ1n) is 4.13. The summed E-state index contributed by atoms with van der Waals surface area (Å²) in [6.45, 7) is 0.242. The third-order valence-corrected chi connectivity index (χ3v) is 1.76. The lowest BCUT2D eigenvalue weighted by Gasteiger charge is -2.09. The molecular weight excluding hydrogens is 212 g/mol. The highest BCUT2D eigenvalue weighted by molar-refractivity contribution is 7.80. The Balaban J connectivity index is 4.93. The van der Waals surface area contributed by atoms with E-state index in [0.29, 0.717) is 17.9 Å². The summed E-state index contributed by atoms with van der Waals surface area (Å²) in [5.74, 6) is 7.14. The van der Waals surface area contributed by atoms with Gasteiger partial charge >= 0.3 is 0 Å². The van der Waals surface area contributed by atoms with Crippen LogP contribution < -0.4 is 16.6 Å². The molecule has 0 saturated heterocycles. The topological polar surface area (TPSA) is 90.9 Å². The van der Waals surface area contributed by atoms with E-state index in [1.165, 1.54) is 0 Å². The maximum atomic E-state index is 11.2. The molecule has 0 bridgehead atoms. The molecule has 5 nitrogen and oxygen atoms in total. The molecule has 0 rings (SSSR count). The van der Waals surface area contributed by atoms with Gasteiger partial charge in [-0.15, -0.1) is 6.42 Å². The quantitative estimate of drug-likeness (QED) is 0.0945. The Morgan fingerprint density at radius 2 is 2.27 bits per heavy atom. The molecule has 0 spiro atoms. The Morgan fingerprint density at radius 3 is 2.67 bits per heavy atom. The van der Waals surface area contributed by atoms with Gasteiger partial charge in [0, 0.05) is 5.70 Å². The molecule has 0 aliphatic rings. The lowest BCUT2D eigenvalue weighted by atomic mass is 10.1. The van der Waals surface area contributed by atoms with Crippen LogP contribution in [0.2, 0.25) is 0 Å². The maximum absolute atomic E-state index is 11.2. The summed E-state index contributed by atoms with van der Waals surface area (Å²) in [5, 5.41) is 11.6. The molecule has 0 aliphatic heterocycles. The molecule has 0 heterocycles. The fraction of sp³-hybridized carbons (Fsp3) is 0.333. The number of nitrogens with zero attached hydrogens (tertiary/aromatic N) is 1. The second-order valence-electron chi connectivity index (χ2n) is 2.47. The number of carbonyl (C=O) groups is 1. The standard InChI is InChI=1S/C9H12N4OS/c1-2-4-12-8(3-5-15)7(6-10)9(14)13-11/h1,12,15H,3-5,11H2,(H,13,14). The van der Waals surface area contributed by atoms with Gasteiger partial charge in [-0.3, -0.25) is 10.2 Å². The highest BCUT2D eigenvalue weighted by atomic mass is 32.1. The van der Waals surface area contributed by atoms with Crippen LogP contribution in [-0.4, -0.2) is 18.2 Å². The van der Waals surface area contributed by atoms with E-state index in [9.17, 15) is 4.79 Å². The summed E-state index contributed by atoms with van der Waals surface area (Å²) in [4.78, 5) is 11.2. The number of nitriles is 1. The van der Waals surface area contributed by atoms with E-state index in [0.717, 1.165) is 0 Å². The highest BCUT2D eigenvalue weighted by Gasteiger charge is 2.13. The lowest BCUT2D eigenvalue weighted by Crippen LogP contribution is -2.33. The predicted octanol–water partition coefficient (Wildman–Crippen LogP) is -0.703. The molecule has 6 heteroatoms. The minimum Gasteiger partial charge on any atom is -0.376 e. The molecule has 0 atom stereocenters. The Bertz CT molecular complexity index is 337. The van der Waals surface area contributed by atoms with Gasteiger partial charge in [0.2, 0.25) is 0 Å². The van der Waals surface area contributed by atoms with Crippen molar-refractivity contribution in [3.05, 3.63) is 11.3 Å². The van der Waals surface area contributed by atoms with Crippen LogP contribution in [0.25, 0.3) is 0 Å². The van der Waals surface area contributed by atoms with E-state index in [-0.39, 0.29) is 12.1 Å². The number of rotatable bonds is 5. The van der Waals surface area contributed by atoms with E-state index in [1.807, 2.05) is 5.43 Å². The molecule has 80 valence electrons. The molecule has 0 aromatic heterocycles. The molecule has 0 saturated carbocycles. The second kappa shape index (κ2) is 7.74. The van der Waals surface area contributed by atoms with Crippen molar-refractivity contribution in [3.8, 4) is 18.4 Å². The second-order valence-corrected chi connectivity index (χ2v) is 2.92. The lowest BCUT2D eigenvalue weighted by molar-refractivity contribution is -0.117. The number of thiol groups is 1. The molecular formula is C9H12N4OS. The van der Waals surface area contributed by atoms with Gasteiger partial charge in [0.05, 0.1) is 6.54 Å². The molecule has 1 amide bonds. The molecule has 0 radical (unpaired) electrons. The van der Waals surface area contributed by atoms with Crippen molar-refractivity contribution in [1.82, 2.24) is 10.7 Å². The van der Waals surface area contributed by atoms with E-state index in [1.54, 1.807) is 6.07 Å². The van der Waals surface area contributed by atoms with Crippen LogP contribution in [-0.2, 0) is 4.79 Å². The molecule has 4 N–H and O–H groups in total. The molecule has 0 unspecified atom stereocenters. The van der Waals surface area contributed by atoms with Gasteiger partial charge < -0.3 is 5.32 Å². The number of terminal acetylenes is 1. The first-order chi connectivity index (χ1) is 7.21. The van der Waals surface area contributed by atoms with Crippen LogP contribution in [0.1, 0.15) is 6.42 Å². The summed E-state index contributed by atoms with van der Waals surface area (Å²) in [6, 6.07) is 1.77. The minimum absolute atomic E-state index is 0.0678. The van der Waals surface area contributed by atoms with Crippen molar-refractivity contribution in [3.63, 3.8) is 0 Å². The highest BCUT2D eigenvalue weighted by Crippen LogP contribution is 2.06. The van der Waals surface area contributed by atoms with Crippen molar-refractivity contribution in [1.29, 1.82) is 5.26 Å². The van der Waals surface area contributed by atoms with Gasteiger partial charge in [-0.05, 0) is 12.2 Å². The number of hydrogen-bond donors (Lipinski definition) is 4. The minimum atomic E-state index is -0.640. The third kappa shape index (κ3) is 4.41. The Hall–Kier alpha value is -1.63. The largest absolute Gasteiger partial charge is 0.376 e. The van der Waals surface area contributed by atoms with E-state index in [4.69, 9.17) is 17.5 Å². The average molecular weight is 224 g/mol. The van der Waals surface area contributed by atoms with Crippen LogP contribution in [0.3, 0.4) is 0 Å². The average Bonchev–Trinajstić information content (AvgIpc) is 2.26.